The summed E-state index contributed by atoms with van der Waals surface area (Å²) in [5.41, 5.74) is 0. The standard InChI is InChI=1S/C14H29N3O/c1-4-9-16-14(18)12(2)15-10-8-13-7-5-6-11-17(13)3/h12-13,15H,4-11H2,1-3H3,(H,16,18). The largest absolute Gasteiger partial charge is 0.355 e. The highest BCUT2D eigenvalue weighted by molar-refractivity contribution is 5.81. The van der Waals surface area contributed by atoms with E-state index in [2.05, 4.69) is 29.5 Å². The number of hydrogen-bond donors (Lipinski definition) is 2. The fraction of sp³-hybridized carbons (Fsp3) is 0.929. The molecule has 18 heavy (non-hydrogen) atoms. The van der Waals surface area contributed by atoms with Crippen molar-refractivity contribution in [3.8, 4) is 0 Å². The lowest BCUT2D eigenvalue weighted by Gasteiger charge is -2.32. The summed E-state index contributed by atoms with van der Waals surface area (Å²) in [4.78, 5) is 14.1. The third-order valence-electron chi connectivity index (χ3n) is 3.79. The molecule has 1 heterocycles. The predicted molar refractivity (Wildman–Crippen MR) is 75.7 cm³/mol. The van der Waals surface area contributed by atoms with Crippen molar-refractivity contribution in [3.05, 3.63) is 0 Å². The van der Waals surface area contributed by atoms with Crippen LogP contribution in [-0.4, -0.2) is 49.6 Å². The minimum absolute atomic E-state index is 0.0783. The van der Waals surface area contributed by atoms with E-state index in [0.717, 1.165) is 25.9 Å². The third kappa shape index (κ3) is 5.36. The van der Waals surface area contributed by atoms with Crippen molar-refractivity contribution in [1.29, 1.82) is 0 Å². The van der Waals surface area contributed by atoms with Crippen molar-refractivity contribution in [3.63, 3.8) is 0 Å². The van der Waals surface area contributed by atoms with E-state index in [1.54, 1.807) is 0 Å². The lowest BCUT2D eigenvalue weighted by Crippen LogP contribution is -2.44. The van der Waals surface area contributed by atoms with Gasteiger partial charge in [0.05, 0.1) is 6.04 Å². The SMILES string of the molecule is CCCNC(=O)C(C)NCCC1CCCCN1C. The average Bonchev–Trinajstić information content (AvgIpc) is 2.38. The van der Waals surface area contributed by atoms with Crippen LogP contribution in [0.4, 0.5) is 0 Å². The maximum absolute atomic E-state index is 11.7. The number of likely N-dealkylation sites (tertiary alicyclic amines) is 1. The summed E-state index contributed by atoms with van der Waals surface area (Å²) in [6, 6.07) is 0.614. The number of nitrogens with zero attached hydrogens (tertiary/aromatic N) is 1. The first kappa shape index (κ1) is 15.4. The van der Waals surface area contributed by atoms with E-state index in [0.29, 0.717) is 6.04 Å². The number of amides is 1. The van der Waals surface area contributed by atoms with Gasteiger partial charge in [0.2, 0.25) is 5.91 Å². The van der Waals surface area contributed by atoms with Crippen LogP contribution in [0.25, 0.3) is 0 Å². The smallest absolute Gasteiger partial charge is 0.236 e. The fourth-order valence-corrected chi connectivity index (χ4v) is 2.47. The molecule has 0 aromatic rings. The fourth-order valence-electron chi connectivity index (χ4n) is 2.47. The zero-order chi connectivity index (χ0) is 13.4. The minimum Gasteiger partial charge on any atom is -0.355 e. The van der Waals surface area contributed by atoms with Crippen LogP contribution >= 0.6 is 0 Å². The molecule has 4 nitrogen and oxygen atoms in total. The van der Waals surface area contributed by atoms with Crippen molar-refractivity contribution in [2.24, 2.45) is 0 Å². The van der Waals surface area contributed by atoms with Gasteiger partial charge in [-0.3, -0.25) is 4.79 Å². The molecule has 0 aromatic carbocycles. The molecule has 1 rings (SSSR count). The molecule has 1 aliphatic rings. The first-order chi connectivity index (χ1) is 8.65. The van der Waals surface area contributed by atoms with Crippen LogP contribution in [0.2, 0.25) is 0 Å². The van der Waals surface area contributed by atoms with Crippen LogP contribution in [0, 0.1) is 0 Å². The molecule has 1 aliphatic heterocycles. The van der Waals surface area contributed by atoms with E-state index < -0.39 is 0 Å². The molecule has 4 heteroatoms. The van der Waals surface area contributed by atoms with E-state index in [1.807, 2.05) is 6.92 Å². The maximum atomic E-state index is 11.7. The first-order valence-electron chi connectivity index (χ1n) is 7.36. The molecule has 0 aromatic heterocycles. The van der Waals surface area contributed by atoms with Crippen molar-refractivity contribution in [1.82, 2.24) is 15.5 Å². The Hall–Kier alpha value is -0.610. The Balaban J connectivity index is 2.14. The van der Waals surface area contributed by atoms with Gasteiger partial charge in [0, 0.05) is 12.6 Å². The second-order valence-electron chi connectivity index (χ2n) is 5.39. The summed E-state index contributed by atoms with van der Waals surface area (Å²) >= 11 is 0. The van der Waals surface area contributed by atoms with Crippen LogP contribution in [0.1, 0.15) is 46.0 Å². The van der Waals surface area contributed by atoms with Gasteiger partial charge in [0.25, 0.3) is 0 Å². The Morgan fingerprint density at radius 2 is 2.17 bits per heavy atom. The molecule has 0 saturated carbocycles. The minimum atomic E-state index is -0.0783. The van der Waals surface area contributed by atoms with Crippen LogP contribution < -0.4 is 10.6 Å². The highest BCUT2D eigenvalue weighted by Crippen LogP contribution is 2.17. The van der Waals surface area contributed by atoms with Crippen LogP contribution in [0.3, 0.4) is 0 Å². The van der Waals surface area contributed by atoms with E-state index >= 15 is 0 Å². The van der Waals surface area contributed by atoms with Gasteiger partial charge in [-0.1, -0.05) is 13.3 Å². The summed E-state index contributed by atoms with van der Waals surface area (Å²) in [5, 5.41) is 6.24. The monoisotopic (exact) mass is 255 g/mol. The molecule has 1 saturated heterocycles. The Bertz CT molecular complexity index is 245. The van der Waals surface area contributed by atoms with Gasteiger partial charge < -0.3 is 15.5 Å². The molecular formula is C14H29N3O. The quantitative estimate of drug-likeness (QED) is 0.722. The topological polar surface area (TPSA) is 44.4 Å². The van der Waals surface area contributed by atoms with Gasteiger partial charge in [-0.2, -0.15) is 0 Å². The summed E-state index contributed by atoms with van der Waals surface area (Å²) in [6.45, 7) is 6.93. The summed E-state index contributed by atoms with van der Waals surface area (Å²) in [5.74, 6) is 0.119. The number of carbonyl (C=O) groups is 1. The molecule has 1 amide bonds. The zero-order valence-electron chi connectivity index (χ0n) is 12.2. The average molecular weight is 255 g/mol. The van der Waals surface area contributed by atoms with Gasteiger partial charge in [-0.15, -0.1) is 0 Å². The molecule has 106 valence electrons. The molecule has 0 spiro atoms. The molecule has 1 fully saturated rings. The van der Waals surface area contributed by atoms with Gasteiger partial charge >= 0.3 is 0 Å². The predicted octanol–water partition coefficient (Wildman–Crippen LogP) is 1.37. The Labute approximate surface area is 111 Å². The van der Waals surface area contributed by atoms with Crippen molar-refractivity contribution in [2.45, 2.75) is 58.0 Å². The highest BCUT2D eigenvalue weighted by Gasteiger charge is 2.19. The molecule has 2 N–H and O–H groups in total. The molecule has 2 unspecified atom stereocenters. The zero-order valence-corrected chi connectivity index (χ0v) is 12.2. The summed E-state index contributed by atoms with van der Waals surface area (Å²) < 4.78 is 0. The first-order valence-corrected chi connectivity index (χ1v) is 7.36. The summed E-state index contributed by atoms with van der Waals surface area (Å²) in [7, 11) is 2.21. The Kier molecular flexibility index (Phi) is 7.28. The normalized spacial score (nSPS) is 22.7. The number of rotatable bonds is 7. The van der Waals surface area contributed by atoms with Crippen LogP contribution in [-0.2, 0) is 4.79 Å². The molecular weight excluding hydrogens is 226 g/mol. The molecule has 2 atom stereocenters. The molecule has 0 radical (unpaired) electrons. The van der Waals surface area contributed by atoms with E-state index in [4.69, 9.17) is 0 Å². The second kappa shape index (κ2) is 8.48. The number of carbonyl (C=O) groups excluding carboxylic acids is 1. The van der Waals surface area contributed by atoms with Crippen molar-refractivity contribution >= 4 is 5.91 Å². The Morgan fingerprint density at radius 3 is 2.83 bits per heavy atom. The van der Waals surface area contributed by atoms with Crippen LogP contribution in [0.15, 0.2) is 0 Å². The summed E-state index contributed by atoms with van der Waals surface area (Å²) in [6.07, 6.45) is 6.11. The number of nitrogens with one attached hydrogen (secondary N) is 2. The lowest BCUT2D eigenvalue weighted by molar-refractivity contribution is -0.122. The van der Waals surface area contributed by atoms with Gasteiger partial charge in [-0.05, 0) is 52.7 Å². The lowest BCUT2D eigenvalue weighted by atomic mass is 10.00. The van der Waals surface area contributed by atoms with E-state index in [-0.39, 0.29) is 11.9 Å². The third-order valence-corrected chi connectivity index (χ3v) is 3.79. The van der Waals surface area contributed by atoms with Crippen molar-refractivity contribution in [2.75, 3.05) is 26.7 Å². The second-order valence-corrected chi connectivity index (χ2v) is 5.39. The maximum Gasteiger partial charge on any atom is 0.236 e. The van der Waals surface area contributed by atoms with Gasteiger partial charge in [0.15, 0.2) is 0 Å². The van der Waals surface area contributed by atoms with Crippen LogP contribution in [0.5, 0.6) is 0 Å². The number of piperidine rings is 1. The van der Waals surface area contributed by atoms with Gasteiger partial charge in [0.1, 0.15) is 0 Å². The Morgan fingerprint density at radius 1 is 1.39 bits per heavy atom. The molecule has 0 bridgehead atoms. The van der Waals surface area contributed by atoms with Gasteiger partial charge in [-0.25, -0.2) is 0 Å². The van der Waals surface area contributed by atoms with Crippen molar-refractivity contribution < 1.29 is 4.79 Å². The molecule has 0 aliphatic carbocycles. The highest BCUT2D eigenvalue weighted by atomic mass is 16.2. The van der Waals surface area contributed by atoms with E-state index in [1.165, 1.54) is 25.8 Å². The van der Waals surface area contributed by atoms with E-state index in [9.17, 15) is 4.79 Å². The number of hydrogen-bond acceptors (Lipinski definition) is 3.